The summed E-state index contributed by atoms with van der Waals surface area (Å²) in [5.74, 6) is 0.908. The fourth-order valence-corrected chi connectivity index (χ4v) is 5.47. The number of nitrogens with zero attached hydrogens (tertiary/aromatic N) is 5. The number of aliphatic imine (C=N–C) groups is 1. The van der Waals surface area contributed by atoms with Gasteiger partial charge < -0.3 is 9.45 Å². The summed E-state index contributed by atoms with van der Waals surface area (Å²) in [6.45, 7) is 5.55. The molecule has 1 aromatic carbocycles. The third-order valence-electron chi connectivity index (χ3n) is 6.18. The first-order chi connectivity index (χ1) is 14.3. The van der Waals surface area contributed by atoms with Gasteiger partial charge in [-0.05, 0) is 49.2 Å². The maximum atomic E-state index is 13.3. The fourth-order valence-electron chi connectivity index (χ4n) is 4.28. The van der Waals surface area contributed by atoms with Gasteiger partial charge in [0.2, 0.25) is 5.96 Å². The van der Waals surface area contributed by atoms with Crippen LogP contribution < -0.4 is 0 Å². The van der Waals surface area contributed by atoms with Gasteiger partial charge in [0.05, 0.1) is 18.8 Å². The third-order valence-corrected chi connectivity index (χ3v) is 7.61. The summed E-state index contributed by atoms with van der Waals surface area (Å²) in [5.41, 5.74) is 1.96. The molecule has 1 unspecified atom stereocenters. The van der Waals surface area contributed by atoms with Crippen LogP contribution >= 0.6 is 0 Å². The summed E-state index contributed by atoms with van der Waals surface area (Å²) in [4.78, 5) is 14.8. The summed E-state index contributed by atoms with van der Waals surface area (Å²) in [6, 6.07) is 14.6. The van der Waals surface area contributed by atoms with E-state index in [1.54, 1.807) is 6.20 Å². The van der Waals surface area contributed by atoms with E-state index in [0.717, 1.165) is 60.9 Å². The van der Waals surface area contributed by atoms with Crippen LogP contribution in [0.2, 0.25) is 0 Å². The molecule has 3 aliphatic rings. The minimum Gasteiger partial charge on any atom is -0.588 e. The molecule has 1 aromatic heterocycles. The van der Waals surface area contributed by atoms with Crippen molar-refractivity contribution in [2.75, 3.05) is 39.3 Å². The first kappa shape index (κ1) is 18.9. The topological polar surface area (TPSA) is 58.0 Å². The first-order valence-corrected chi connectivity index (χ1v) is 11.6. The van der Waals surface area contributed by atoms with Crippen LogP contribution in [0, 0.1) is 0 Å². The second-order valence-corrected chi connectivity index (χ2v) is 9.29. The highest BCUT2D eigenvalue weighted by Gasteiger charge is 2.36. The molecule has 6 nitrogen and oxygen atoms in total. The summed E-state index contributed by atoms with van der Waals surface area (Å²) < 4.78 is 15.2. The zero-order valence-electron chi connectivity index (χ0n) is 16.6. The van der Waals surface area contributed by atoms with Gasteiger partial charge in [-0.15, -0.1) is 0 Å². The van der Waals surface area contributed by atoms with Gasteiger partial charge in [0.25, 0.3) is 0 Å². The second kappa shape index (κ2) is 8.34. The minimum atomic E-state index is -1.24. The van der Waals surface area contributed by atoms with Crippen LogP contribution in [0.4, 0.5) is 0 Å². The summed E-state index contributed by atoms with van der Waals surface area (Å²) >= 11 is -1.24. The van der Waals surface area contributed by atoms with Gasteiger partial charge in [-0.3, -0.25) is 9.88 Å². The Hall–Kier alpha value is -2.09. The average Bonchev–Trinajstić information content (AvgIpc) is 3.23. The highest BCUT2D eigenvalue weighted by atomic mass is 32.2. The van der Waals surface area contributed by atoms with E-state index in [0.29, 0.717) is 6.54 Å². The fraction of sp³-hybridized carbons (Fsp3) is 0.455. The predicted molar refractivity (Wildman–Crippen MR) is 116 cm³/mol. The molecule has 1 saturated carbocycles. The Kier molecular flexibility index (Phi) is 5.44. The Morgan fingerprint density at radius 2 is 1.72 bits per heavy atom. The van der Waals surface area contributed by atoms with Crippen molar-refractivity contribution in [2.24, 2.45) is 4.99 Å². The predicted octanol–water partition coefficient (Wildman–Crippen LogP) is 2.61. The Bertz CT molecular complexity index is 847. The molecule has 2 aromatic rings. The number of hydrogen-bond acceptors (Lipinski definition) is 6. The molecule has 152 valence electrons. The van der Waals surface area contributed by atoms with Crippen LogP contribution in [0.1, 0.15) is 19.3 Å². The molecule has 7 heteroatoms. The van der Waals surface area contributed by atoms with Crippen LogP contribution in [0.25, 0.3) is 11.3 Å². The Labute approximate surface area is 175 Å². The van der Waals surface area contributed by atoms with Gasteiger partial charge in [-0.1, -0.05) is 12.5 Å². The molecular weight excluding hydrogens is 382 g/mol. The summed E-state index contributed by atoms with van der Waals surface area (Å²) in [7, 11) is 0. The van der Waals surface area contributed by atoms with Gasteiger partial charge in [-0.25, -0.2) is 4.99 Å². The number of aromatic nitrogens is 1. The number of guanidine groups is 1. The van der Waals surface area contributed by atoms with Crippen molar-refractivity contribution >= 4 is 17.3 Å². The molecule has 0 amide bonds. The molecule has 1 aliphatic carbocycles. The van der Waals surface area contributed by atoms with E-state index in [2.05, 4.69) is 14.8 Å². The van der Waals surface area contributed by atoms with Crippen molar-refractivity contribution < 1.29 is 4.55 Å². The average molecular weight is 410 g/mol. The summed E-state index contributed by atoms with van der Waals surface area (Å²) in [6.07, 6.45) is 5.87. The third kappa shape index (κ3) is 3.86. The lowest BCUT2D eigenvalue weighted by Gasteiger charge is -2.43. The van der Waals surface area contributed by atoms with Gasteiger partial charge in [0, 0.05) is 44.0 Å². The quantitative estimate of drug-likeness (QED) is 0.727. The maximum absolute atomic E-state index is 13.3. The van der Waals surface area contributed by atoms with E-state index in [-0.39, 0.29) is 0 Å². The molecule has 0 spiro atoms. The number of benzene rings is 1. The Morgan fingerprint density at radius 1 is 0.931 bits per heavy atom. The van der Waals surface area contributed by atoms with Crippen molar-refractivity contribution in [3.05, 3.63) is 48.7 Å². The molecular formula is C22H27N5OS. The Morgan fingerprint density at radius 3 is 2.38 bits per heavy atom. The van der Waals surface area contributed by atoms with Crippen molar-refractivity contribution in [3.63, 3.8) is 0 Å². The zero-order valence-corrected chi connectivity index (χ0v) is 17.4. The van der Waals surface area contributed by atoms with E-state index in [4.69, 9.17) is 4.99 Å². The van der Waals surface area contributed by atoms with Crippen molar-refractivity contribution in [1.82, 2.24) is 19.1 Å². The zero-order chi connectivity index (χ0) is 19.6. The molecule has 2 fully saturated rings. The lowest BCUT2D eigenvalue weighted by molar-refractivity contribution is 0.0833. The van der Waals surface area contributed by atoms with E-state index >= 15 is 0 Å². The van der Waals surface area contributed by atoms with Gasteiger partial charge in [-0.2, -0.15) is 4.31 Å². The molecule has 0 radical (unpaired) electrons. The maximum Gasteiger partial charge on any atom is 0.240 e. The number of piperazine rings is 1. The monoisotopic (exact) mass is 409 g/mol. The molecule has 2 aliphatic heterocycles. The molecule has 1 atom stereocenters. The molecule has 0 bridgehead atoms. The highest BCUT2D eigenvalue weighted by molar-refractivity contribution is 7.89. The van der Waals surface area contributed by atoms with Crippen molar-refractivity contribution in [3.8, 4) is 11.3 Å². The van der Waals surface area contributed by atoms with Gasteiger partial charge in [0.15, 0.2) is 4.90 Å². The number of rotatable bonds is 4. The largest absolute Gasteiger partial charge is 0.588 e. The van der Waals surface area contributed by atoms with E-state index in [9.17, 15) is 4.55 Å². The smallest absolute Gasteiger partial charge is 0.240 e. The lowest BCUT2D eigenvalue weighted by Crippen LogP contribution is -2.56. The van der Waals surface area contributed by atoms with Crippen LogP contribution in [0.5, 0.6) is 0 Å². The molecule has 3 heterocycles. The first-order valence-electron chi connectivity index (χ1n) is 10.5. The van der Waals surface area contributed by atoms with Crippen molar-refractivity contribution in [1.29, 1.82) is 0 Å². The molecule has 29 heavy (non-hydrogen) atoms. The normalized spacial score (nSPS) is 21.8. The standard InChI is InChI=1S/C22H27N5OS/c28-29(20-9-7-18(8-10-20)21-6-1-2-11-23-21)27-13-12-24-22(27)26-16-14-25(15-17-26)19-4-3-5-19/h1-2,6-11,19H,3-5,12-17H2. The van der Waals surface area contributed by atoms with Crippen LogP contribution in [0.15, 0.2) is 58.5 Å². The number of hydrogen-bond donors (Lipinski definition) is 0. The van der Waals surface area contributed by atoms with E-state index in [1.165, 1.54) is 19.3 Å². The molecule has 1 saturated heterocycles. The van der Waals surface area contributed by atoms with Crippen LogP contribution in [0.3, 0.4) is 0 Å². The highest BCUT2D eigenvalue weighted by Crippen LogP contribution is 2.27. The van der Waals surface area contributed by atoms with E-state index < -0.39 is 11.4 Å². The lowest BCUT2D eigenvalue weighted by atomic mass is 9.91. The minimum absolute atomic E-state index is 0.715. The van der Waals surface area contributed by atoms with E-state index in [1.807, 2.05) is 46.8 Å². The molecule has 0 N–H and O–H groups in total. The van der Waals surface area contributed by atoms with Crippen LogP contribution in [-0.2, 0) is 11.4 Å². The number of pyridine rings is 1. The van der Waals surface area contributed by atoms with Crippen LogP contribution in [-0.4, -0.2) is 74.9 Å². The Balaban J connectivity index is 1.25. The van der Waals surface area contributed by atoms with Gasteiger partial charge in [0.1, 0.15) is 11.4 Å². The second-order valence-electron chi connectivity index (χ2n) is 7.88. The summed E-state index contributed by atoms with van der Waals surface area (Å²) in [5, 5.41) is 0. The van der Waals surface area contributed by atoms with Gasteiger partial charge >= 0.3 is 0 Å². The molecule has 5 rings (SSSR count). The van der Waals surface area contributed by atoms with Crippen molar-refractivity contribution in [2.45, 2.75) is 30.2 Å². The SMILES string of the molecule is [O-][S+](c1ccc(-c2ccccn2)cc1)N1CCN=C1N1CCN(C2CCC2)CC1.